The van der Waals surface area contributed by atoms with Crippen molar-refractivity contribution in [2.75, 3.05) is 19.8 Å². The van der Waals surface area contributed by atoms with Gasteiger partial charge in [-0.2, -0.15) is 0 Å². The molecular weight excluding hydrogens is 1090 g/mol. The second kappa shape index (κ2) is 55.7. The Kier molecular flexibility index (Phi) is 51.0. The fourth-order valence-electron chi connectivity index (χ4n) is 10.5. The van der Waals surface area contributed by atoms with Gasteiger partial charge in [0.2, 0.25) is 5.91 Å². The Balaban J connectivity index is 1.66. The van der Waals surface area contributed by atoms with Gasteiger partial charge < -0.3 is 65.1 Å². The number of rotatable bonds is 54. The first kappa shape index (κ1) is 78.7. The van der Waals surface area contributed by atoms with Crippen molar-refractivity contribution < 1.29 is 64.6 Å². The Hall–Kier alpha value is -3.35. The van der Waals surface area contributed by atoms with Crippen LogP contribution in [0, 0.1) is 0 Å². The maximum atomic E-state index is 13.3. The van der Waals surface area contributed by atoms with E-state index in [1.807, 2.05) is 6.08 Å². The number of nitrogens with one attached hydrogen (secondary N) is 1. The Morgan fingerprint density at radius 1 is 0.430 bits per heavy atom. The van der Waals surface area contributed by atoms with Gasteiger partial charge in [0.05, 0.1) is 32.0 Å². The standard InChI is InChI=1S/C72H123NO13/c1-3-5-7-9-11-13-15-17-19-21-22-23-24-25-26-27-28-29-30-31-32-33-34-35-36-37-38-40-42-44-46-48-50-52-54-56-64(77)73-60(61(76)55-53-51-49-47-45-43-41-39-20-18-16-14-12-10-8-6-4-2)59-83-71-69(82)67(80)70(63(58-75)85-71)86-72-68(81)66(79)65(78)62(57-74)84-72/h5,7,11,13,17,19,22-23,25-26,28-29,31-32,45,47,53,55,60-63,65-72,74-76,78-82H,3-4,6,8-10,12,14-16,18,20-21,24,27,30,33-44,46,48-52,54,56-59H2,1-2H3,(H,73,77)/b7-5-,13-11-,19-17-,23-22-,26-25-,29-28-,32-31-,47-45+,55-53+. The van der Waals surface area contributed by atoms with Crippen LogP contribution in [0.5, 0.6) is 0 Å². The fourth-order valence-corrected chi connectivity index (χ4v) is 10.5. The molecule has 0 radical (unpaired) electrons. The summed E-state index contributed by atoms with van der Waals surface area (Å²) in [6, 6.07) is -0.939. The van der Waals surface area contributed by atoms with Crippen LogP contribution < -0.4 is 5.32 Å². The van der Waals surface area contributed by atoms with E-state index in [-0.39, 0.29) is 18.9 Å². The topological polar surface area (TPSA) is 228 Å². The van der Waals surface area contributed by atoms with Gasteiger partial charge >= 0.3 is 0 Å². The molecule has 12 atom stereocenters. The normalized spacial score (nSPS) is 24.1. The molecule has 0 aromatic heterocycles. The predicted octanol–water partition coefficient (Wildman–Crippen LogP) is 13.6. The monoisotopic (exact) mass is 1210 g/mol. The lowest BCUT2D eigenvalue weighted by Crippen LogP contribution is -2.65. The molecule has 14 nitrogen and oxygen atoms in total. The first-order valence-corrected chi connectivity index (χ1v) is 34.1. The van der Waals surface area contributed by atoms with E-state index in [1.165, 1.54) is 128 Å². The minimum absolute atomic E-state index is 0.254. The number of aliphatic hydroxyl groups is 8. The number of ether oxygens (including phenoxy) is 4. The van der Waals surface area contributed by atoms with Gasteiger partial charge in [0.15, 0.2) is 12.6 Å². The number of carbonyl (C=O) groups excluding carboxylic acids is 1. The number of aliphatic hydroxyl groups excluding tert-OH is 8. The first-order chi connectivity index (χ1) is 42.1. The largest absolute Gasteiger partial charge is 0.394 e. The van der Waals surface area contributed by atoms with Crippen molar-refractivity contribution in [1.29, 1.82) is 0 Å². The van der Waals surface area contributed by atoms with E-state index >= 15 is 0 Å². The van der Waals surface area contributed by atoms with Gasteiger partial charge in [-0.3, -0.25) is 4.79 Å². The quantitative estimate of drug-likeness (QED) is 0.0204. The zero-order valence-electron chi connectivity index (χ0n) is 53.5. The molecule has 494 valence electrons. The van der Waals surface area contributed by atoms with Gasteiger partial charge in [0.25, 0.3) is 0 Å². The van der Waals surface area contributed by atoms with Gasteiger partial charge in [0.1, 0.15) is 48.8 Å². The van der Waals surface area contributed by atoms with E-state index in [1.54, 1.807) is 6.08 Å². The predicted molar refractivity (Wildman–Crippen MR) is 350 cm³/mol. The molecule has 2 aliphatic heterocycles. The minimum atomic E-state index is -1.80. The fraction of sp³-hybridized carbons (Fsp3) is 0.736. The highest BCUT2D eigenvalue weighted by Crippen LogP contribution is 2.30. The second-order valence-corrected chi connectivity index (χ2v) is 23.6. The van der Waals surface area contributed by atoms with Crippen LogP contribution in [0.3, 0.4) is 0 Å². The number of allylic oxidation sites excluding steroid dienone is 17. The van der Waals surface area contributed by atoms with E-state index in [0.717, 1.165) is 83.5 Å². The van der Waals surface area contributed by atoms with E-state index in [4.69, 9.17) is 18.9 Å². The maximum Gasteiger partial charge on any atom is 0.220 e. The number of hydrogen-bond donors (Lipinski definition) is 9. The molecule has 0 bridgehead atoms. The van der Waals surface area contributed by atoms with Crippen LogP contribution in [0.2, 0.25) is 0 Å². The molecule has 1 amide bonds. The number of amides is 1. The van der Waals surface area contributed by atoms with Crippen molar-refractivity contribution in [3.05, 3.63) is 109 Å². The van der Waals surface area contributed by atoms with Gasteiger partial charge in [-0.15, -0.1) is 0 Å². The van der Waals surface area contributed by atoms with Crippen LogP contribution in [-0.2, 0) is 23.7 Å². The maximum absolute atomic E-state index is 13.3. The summed E-state index contributed by atoms with van der Waals surface area (Å²) in [5.74, 6) is -0.254. The summed E-state index contributed by atoms with van der Waals surface area (Å²) < 4.78 is 22.8. The molecular formula is C72H123NO13. The highest BCUT2D eigenvalue weighted by molar-refractivity contribution is 5.76. The molecule has 2 heterocycles. The summed E-state index contributed by atoms with van der Waals surface area (Å²) in [5, 5.41) is 87.3. The van der Waals surface area contributed by atoms with Crippen LogP contribution in [-0.4, -0.2) is 140 Å². The highest BCUT2D eigenvalue weighted by Gasteiger charge is 2.51. The lowest BCUT2D eigenvalue weighted by Gasteiger charge is -2.46. The zero-order chi connectivity index (χ0) is 62.3. The van der Waals surface area contributed by atoms with E-state index in [9.17, 15) is 45.6 Å². The Labute approximate surface area is 521 Å². The minimum Gasteiger partial charge on any atom is -0.394 e. The lowest BCUT2D eigenvalue weighted by atomic mass is 9.97. The molecule has 0 aliphatic carbocycles. The van der Waals surface area contributed by atoms with Crippen molar-refractivity contribution in [3.8, 4) is 0 Å². The van der Waals surface area contributed by atoms with Crippen molar-refractivity contribution in [2.24, 2.45) is 0 Å². The molecule has 12 unspecified atom stereocenters. The van der Waals surface area contributed by atoms with E-state index in [2.05, 4.69) is 116 Å². The summed E-state index contributed by atoms with van der Waals surface area (Å²) in [5.41, 5.74) is 0. The van der Waals surface area contributed by atoms with Gasteiger partial charge in [0, 0.05) is 6.42 Å². The molecule has 2 aliphatic rings. The third-order valence-electron chi connectivity index (χ3n) is 15.9. The van der Waals surface area contributed by atoms with Crippen LogP contribution in [0.1, 0.15) is 245 Å². The summed E-state index contributed by atoms with van der Waals surface area (Å²) in [6.07, 6.45) is 62.8. The van der Waals surface area contributed by atoms with Crippen LogP contribution in [0.25, 0.3) is 0 Å². The smallest absolute Gasteiger partial charge is 0.220 e. The Bertz CT molecular complexity index is 1860. The molecule has 0 aromatic rings. The first-order valence-electron chi connectivity index (χ1n) is 34.1. The van der Waals surface area contributed by atoms with Gasteiger partial charge in [-0.1, -0.05) is 258 Å². The highest BCUT2D eigenvalue weighted by atomic mass is 16.7. The zero-order valence-corrected chi connectivity index (χ0v) is 53.5. The summed E-state index contributed by atoms with van der Waals surface area (Å²) in [7, 11) is 0. The third-order valence-corrected chi connectivity index (χ3v) is 15.9. The molecule has 2 saturated heterocycles. The molecule has 2 fully saturated rings. The molecule has 14 heteroatoms. The average Bonchev–Trinajstić information content (AvgIpc) is 2.46. The Morgan fingerprint density at radius 3 is 1.28 bits per heavy atom. The van der Waals surface area contributed by atoms with Crippen molar-refractivity contribution in [1.82, 2.24) is 5.32 Å². The Morgan fingerprint density at radius 2 is 0.814 bits per heavy atom. The molecule has 2 rings (SSSR count). The SMILES string of the molecule is CC/C=C\C/C=C\C/C=C\C/C=C\C/C=C\C/C=C\C/C=C\CCCCCCCCCCCCCCCC(=O)NC(COC1OC(CO)C(OC2OC(CO)C(O)C(O)C2O)C(O)C1O)C(O)/C=C/CC/C=C/CCCCCCCCCCCCC. The average molecular weight is 1210 g/mol. The van der Waals surface area contributed by atoms with Crippen LogP contribution in [0.4, 0.5) is 0 Å². The summed E-state index contributed by atoms with van der Waals surface area (Å²) in [6.45, 7) is 2.67. The molecule has 0 aromatic carbocycles. The molecule has 9 N–H and O–H groups in total. The molecule has 86 heavy (non-hydrogen) atoms. The molecule has 0 spiro atoms. The molecule has 0 saturated carbocycles. The second-order valence-electron chi connectivity index (χ2n) is 23.6. The summed E-state index contributed by atoms with van der Waals surface area (Å²) in [4.78, 5) is 13.3. The lowest BCUT2D eigenvalue weighted by molar-refractivity contribution is -0.359. The third kappa shape index (κ3) is 39.6. The van der Waals surface area contributed by atoms with Crippen LogP contribution >= 0.6 is 0 Å². The number of hydrogen-bond acceptors (Lipinski definition) is 13. The van der Waals surface area contributed by atoms with E-state index < -0.39 is 86.8 Å². The summed E-state index contributed by atoms with van der Waals surface area (Å²) >= 11 is 0. The van der Waals surface area contributed by atoms with E-state index in [0.29, 0.717) is 12.8 Å². The van der Waals surface area contributed by atoms with Crippen molar-refractivity contribution in [2.45, 2.75) is 319 Å². The van der Waals surface area contributed by atoms with Gasteiger partial charge in [-0.25, -0.2) is 0 Å². The number of unbranched alkanes of at least 4 members (excludes halogenated alkanes) is 25. The van der Waals surface area contributed by atoms with Crippen molar-refractivity contribution >= 4 is 5.91 Å². The van der Waals surface area contributed by atoms with Crippen LogP contribution in [0.15, 0.2) is 109 Å². The number of carbonyl (C=O) groups is 1. The van der Waals surface area contributed by atoms with Gasteiger partial charge in [-0.05, 0) is 89.9 Å². The van der Waals surface area contributed by atoms with Crippen molar-refractivity contribution in [3.63, 3.8) is 0 Å².